The number of aryl methyl sites for hydroxylation is 1. The standard InChI is InChI=1S/C21H19NO2/c1-16-8-13-21(24-2)20(14-16)22(18-6-4-3-5-7-18)19-11-9-17(15-23)10-12-19/h3-15H,1-2H3. The molecule has 0 fully saturated rings. The molecular weight excluding hydrogens is 298 g/mol. The second kappa shape index (κ2) is 7.01. The van der Waals surface area contributed by atoms with Crippen LogP contribution in [0, 0.1) is 6.92 Å². The van der Waals surface area contributed by atoms with Gasteiger partial charge in [-0.05, 0) is 61.0 Å². The molecule has 0 aliphatic carbocycles. The molecule has 0 saturated heterocycles. The van der Waals surface area contributed by atoms with Crippen LogP contribution in [0.15, 0.2) is 72.8 Å². The molecular formula is C21H19NO2. The molecule has 3 rings (SSSR count). The van der Waals surface area contributed by atoms with E-state index >= 15 is 0 Å². The van der Waals surface area contributed by atoms with Crippen molar-refractivity contribution in [1.82, 2.24) is 0 Å². The van der Waals surface area contributed by atoms with Gasteiger partial charge in [-0.15, -0.1) is 0 Å². The highest BCUT2D eigenvalue weighted by atomic mass is 16.5. The summed E-state index contributed by atoms with van der Waals surface area (Å²) in [7, 11) is 1.67. The lowest BCUT2D eigenvalue weighted by atomic mass is 10.1. The molecule has 3 heteroatoms. The van der Waals surface area contributed by atoms with E-state index in [1.807, 2.05) is 54.6 Å². The van der Waals surface area contributed by atoms with Gasteiger partial charge in [0.1, 0.15) is 12.0 Å². The molecule has 0 aliphatic heterocycles. The Morgan fingerprint density at radius 3 is 2.17 bits per heavy atom. The number of hydrogen-bond donors (Lipinski definition) is 0. The fourth-order valence-electron chi connectivity index (χ4n) is 2.68. The summed E-state index contributed by atoms with van der Waals surface area (Å²) < 4.78 is 5.57. The van der Waals surface area contributed by atoms with E-state index < -0.39 is 0 Å². The van der Waals surface area contributed by atoms with Crippen molar-refractivity contribution in [1.29, 1.82) is 0 Å². The van der Waals surface area contributed by atoms with Crippen molar-refractivity contribution in [3.63, 3.8) is 0 Å². The number of ether oxygens (including phenoxy) is 1. The van der Waals surface area contributed by atoms with Crippen LogP contribution in [0.25, 0.3) is 0 Å². The van der Waals surface area contributed by atoms with Gasteiger partial charge in [-0.1, -0.05) is 24.3 Å². The number of nitrogens with zero attached hydrogens (tertiary/aromatic N) is 1. The van der Waals surface area contributed by atoms with E-state index in [9.17, 15) is 4.79 Å². The molecule has 0 N–H and O–H groups in total. The first kappa shape index (κ1) is 15.8. The zero-order chi connectivity index (χ0) is 16.9. The van der Waals surface area contributed by atoms with Gasteiger partial charge >= 0.3 is 0 Å². The van der Waals surface area contributed by atoms with Crippen LogP contribution in [0.2, 0.25) is 0 Å². The Hall–Kier alpha value is -3.07. The van der Waals surface area contributed by atoms with Gasteiger partial charge in [0.15, 0.2) is 0 Å². The van der Waals surface area contributed by atoms with Gasteiger partial charge in [-0.3, -0.25) is 4.79 Å². The SMILES string of the molecule is COc1ccc(C)cc1N(c1ccccc1)c1ccc(C=O)cc1. The Balaban J connectivity index is 2.19. The second-order valence-electron chi connectivity index (χ2n) is 5.56. The average molecular weight is 317 g/mol. The molecule has 3 nitrogen and oxygen atoms in total. The maximum atomic E-state index is 10.9. The van der Waals surface area contributed by atoms with Gasteiger partial charge in [0.2, 0.25) is 0 Å². The lowest BCUT2D eigenvalue weighted by Gasteiger charge is -2.27. The third-order valence-electron chi connectivity index (χ3n) is 3.88. The fraction of sp³-hybridized carbons (Fsp3) is 0.0952. The Kier molecular flexibility index (Phi) is 4.62. The van der Waals surface area contributed by atoms with E-state index in [4.69, 9.17) is 4.74 Å². The van der Waals surface area contributed by atoms with Crippen molar-refractivity contribution in [2.75, 3.05) is 12.0 Å². The molecule has 24 heavy (non-hydrogen) atoms. The number of carbonyl (C=O) groups is 1. The van der Waals surface area contributed by atoms with Crippen molar-refractivity contribution < 1.29 is 9.53 Å². The van der Waals surface area contributed by atoms with E-state index in [-0.39, 0.29) is 0 Å². The lowest BCUT2D eigenvalue weighted by Crippen LogP contribution is -2.11. The highest BCUT2D eigenvalue weighted by molar-refractivity contribution is 5.82. The third-order valence-corrected chi connectivity index (χ3v) is 3.88. The normalized spacial score (nSPS) is 10.2. The zero-order valence-electron chi connectivity index (χ0n) is 13.8. The molecule has 0 aliphatic rings. The van der Waals surface area contributed by atoms with Crippen molar-refractivity contribution >= 4 is 23.3 Å². The largest absolute Gasteiger partial charge is 0.495 e. The molecule has 0 unspecified atom stereocenters. The Labute approximate surface area is 142 Å². The molecule has 0 bridgehead atoms. The van der Waals surface area contributed by atoms with Crippen molar-refractivity contribution in [3.05, 3.63) is 83.9 Å². The van der Waals surface area contributed by atoms with Gasteiger partial charge in [0.05, 0.1) is 12.8 Å². The maximum absolute atomic E-state index is 10.9. The van der Waals surface area contributed by atoms with E-state index in [0.717, 1.165) is 34.7 Å². The minimum atomic E-state index is 0.656. The highest BCUT2D eigenvalue weighted by Gasteiger charge is 2.16. The highest BCUT2D eigenvalue weighted by Crippen LogP contribution is 2.40. The summed E-state index contributed by atoms with van der Waals surface area (Å²) in [5.41, 5.74) is 4.76. The lowest BCUT2D eigenvalue weighted by molar-refractivity contribution is 0.112. The predicted molar refractivity (Wildman–Crippen MR) is 97.8 cm³/mol. The Morgan fingerprint density at radius 1 is 0.875 bits per heavy atom. The molecule has 0 heterocycles. The topological polar surface area (TPSA) is 29.5 Å². The number of carbonyl (C=O) groups excluding carboxylic acids is 1. The quantitative estimate of drug-likeness (QED) is 0.599. The maximum Gasteiger partial charge on any atom is 0.150 e. The number of hydrogen-bond acceptors (Lipinski definition) is 3. The number of rotatable bonds is 5. The Morgan fingerprint density at radius 2 is 1.54 bits per heavy atom. The van der Waals surface area contributed by atoms with Crippen LogP contribution in [0.3, 0.4) is 0 Å². The third kappa shape index (κ3) is 3.15. The molecule has 3 aromatic rings. The van der Waals surface area contributed by atoms with Crippen LogP contribution in [-0.2, 0) is 0 Å². The van der Waals surface area contributed by atoms with Crippen LogP contribution in [0.1, 0.15) is 15.9 Å². The molecule has 0 radical (unpaired) electrons. The van der Waals surface area contributed by atoms with Gasteiger partial charge < -0.3 is 9.64 Å². The average Bonchev–Trinajstić information content (AvgIpc) is 2.64. The molecule has 0 spiro atoms. The summed E-state index contributed by atoms with van der Waals surface area (Å²) in [6.45, 7) is 2.06. The smallest absolute Gasteiger partial charge is 0.150 e. The summed E-state index contributed by atoms with van der Waals surface area (Å²) in [5.74, 6) is 0.795. The minimum Gasteiger partial charge on any atom is -0.495 e. The van der Waals surface area contributed by atoms with E-state index in [0.29, 0.717) is 5.56 Å². The van der Waals surface area contributed by atoms with Crippen LogP contribution in [0.5, 0.6) is 5.75 Å². The molecule has 0 saturated carbocycles. The Bertz CT molecular complexity index is 826. The minimum absolute atomic E-state index is 0.656. The fourth-order valence-corrected chi connectivity index (χ4v) is 2.68. The summed E-state index contributed by atoms with van der Waals surface area (Å²) in [5, 5.41) is 0. The molecule has 120 valence electrons. The van der Waals surface area contributed by atoms with Crippen molar-refractivity contribution in [2.24, 2.45) is 0 Å². The van der Waals surface area contributed by atoms with Gasteiger partial charge in [-0.2, -0.15) is 0 Å². The van der Waals surface area contributed by atoms with Gasteiger partial charge in [0.25, 0.3) is 0 Å². The van der Waals surface area contributed by atoms with Crippen LogP contribution in [-0.4, -0.2) is 13.4 Å². The van der Waals surface area contributed by atoms with E-state index in [1.165, 1.54) is 0 Å². The number of aldehydes is 1. The van der Waals surface area contributed by atoms with E-state index in [1.54, 1.807) is 7.11 Å². The monoisotopic (exact) mass is 317 g/mol. The first-order valence-corrected chi connectivity index (χ1v) is 7.78. The van der Waals surface area contributed by atoms with E-state index in [2.05, 4.69) is 30.0 Å². The number of methoxy groups -OCH3 is 1. The zero-order valence-corrected chi connectivity index (χ0v) is 13.8. The number of benzene rings is 3. The van der Waals surface area contributed by atoms with Gasteiger partial charge in [0, 0.05) is 16.9 Å². The molecule has 0 aromatic heterocycles. The molecule has 0 atom stereocenters. The molecule has 3 aromatic carbocycles. The van der Waals surface area contributed by atoms with Crippen LogP contribution >= 0.6 is 0 Å². The number of para-hydroxylation sites is 1. The first-order chi connectivity index (χ1) is 11.7. The van der Waals surface area contributed by atoms with Crippen LogP contribution < -0.4 is 9.64 Å². The predicted octanol–water partition coefficient (Wildman–Crippen LogP) is 5.29. The van der Waals surface area contributed by atoms with Crippen LogP contribution in [0.4, 0.5) is 17.1 Å². The summed E-state index contributed by atoms with van der Waals surface area (Å²) in [6.07, 6.45) is 0.851. The summed E-state index contributed by atoms with van der Waals surface area (Å²) >= 11 is 0. The first-order valence-electron chi connectivity index (χ1n) is 7.78. The second-order valence-corrected chi connectivity index (χ2v) is 5.56. The molecule has 0 amide bonds. The van der Waals surface area contributed by atoms with Crippen molar-refractivity contribution in [2.45, 2.75) is 6.92 Å². The summed E-state index contributed by atoms with van der Waals surface area (Å²) in [6, 6.07) is 23.7. The van der Waals surface area contributed by atoms with Gasteiger partial charge in [-0.25, -0.2) is 0 Å². The summed E-state index contributed by atoms with van der Waals surface area (Å²) in [4.78, 5) is 13.1. The number of anilines is 3. The van der Waals surface area contributed by atoms with Crippen molar-refractivity contribution in [3.8, 4) is 5.75 Å².